The molecule has 8 heteroatoms. The molecule has 0 aliphatic carbocycles. The molecule has 0 heterocycles. The minimum Gasteiger partial charge on any atom is -0.497 e. The van der Waals surface area contributed by atoms with Gasteiger partial charge in [-0.25, -0.2) is 0 Å². The van der Waals surface area contributed by atoms with E-state index in [4.69, 9.17) is 15.9 Å². The summed E-state index contributed by atoms with van der Waals surface area (Å²) in [5, 5.41) is 7.24. The van der Waals surface area contributed by atoms with Crippen molar-refractivity contribution in [3.05, 3.63) is 23.8 Å². The third-order valence-electron chi connectivity index (χ3n) is 2.31. The Morgan fingerprint density at radius 1 is 1.47 bits per heavy atom. The van der Waals surface area contributed by atoms with Crippen LogP contribution in [0.25, 0.3) is 0 Å². The Bertz CT molecular complexity index is 465. The summed E-state index contributed by atoms with van der Waals surface area (Å²) in [6.07, 6.45) is 0. The summed E-state index contributed by atoms with van der Waals surface area (Å²) in [5.74, 6) is 0.240. The van der Waals surface area contributed by atoms with Crippen LogP contribution in [0.2, 0.25) is 0 Å². The fraction of sp³-hybridized carbons (Fsp3) is 0.364. The summed E-state index contributed by atoms with van der Waals surface area (Å²) in [5.41, 5.74) is 1.32. The third-order valence-corrected chi connectivity index (χ3v) is 3.16. The molecular formula is C11H14F3N3OS. The molecule has 106 valence electrons. The van der Waals surface area contributed by atoms with Crippen LogP contribution in [0.1, 0.15) is 5.56 Å². The summed E-state index contributed by atoms with van der Waals surface area (Å²) in [7, 11) is 2.97. The number of hydrogen-bond donors (Lipinski definition) is 2. The minimum atomic E-state index is -4.36. The lowest BCUT2D eigenvalue weighted by Gasteiger charge is -2.19. The summed E-state index contributed by atoms with van der Waals surface area (Å²) >= 11 is -0.193. The molecule has 1 rings (SSSR count). The van der Waals surface area contributed by atoms with E-state index >= 15 is 0 Å². The molecule has 0 spiro atoms. The zero-order chi connectivity index (χ0) is 14.6. The van der Waals surface area contributed by atoms with Gasteiger partial charge >= 0.3 is 5.51 Å². The molecule has 0 saturated carbocycles. The van der Waals surface area contributed by atoms with Gasteiger partial charge in [0.25, 0.3) is 0 Å². The van der Waals surface area contributed by atoms with Gasteiger partial charge in [-0.2, -0.15) is 13.2 Å². The zero-order valence-corrected chi connectivity index (χ0v) is 11.2. The maximum absolute atomic E-state index is 12.5. The maximum Gasteiger partial charge on any atom is 0.446 e. The number of methoxy groups -OCH3 is 1. The zero-order valence-electron chi connectivity index (χ0n) is 10.4. The molecule has 0 radical (unpaired) electrons. The SMILES string of the molecule is COc1ccc(SC(F)(F)F)c(CN(C)C(=N)N)c1. The number of halogens is 3. The molecule has 1 aromatic carbocycles. The molecule has 0 aromatic heterocycles. The molecule has 0 aliphatic rings. The summed E-state index contributed by atoms with van der Waals surface area (Å²) in [6.45, 7) is 0.102. The average molecular weight is 293 g/mol. The summed E-state index contributed by atoms with van der Waals surface area (Å²) in [6, 6.07) is 4.32. The van der Waals surface area contributed by atoms with Crippen LogP contribution in [0, 0.1) is 5.41 Å². The molecule has 0 bridgehead atoms. The Morgan fingerprint density at radius 2 is 2.11 bits per heavy atom. The molecule has 3 N–H and O–H groups in total. The Hall–Kier alpha value is -1.57. The van der Waals surface area contributed by atoms with E-state index in [0.29, 0.717) is 11.3 Å². The maximum atomic E-state index is 12.5. The number of rotatable bonds is 4. The highest BCUT2D eigenvalue weighted by Gasteiger charge is 2.30. The van der Waals surface area contributed by atoms with Gasteiger partial charge in [0.05, 0.1) is 7.11 Å². The first-order valence-corrected chi connectivity index (χ1v) is 6.02. The quantitative estimate of drug-likeness (QED) is 0.509. The van der Waals surface area contributed by atoms with Crippen molar-refractivity contribution >= 4 is 17.7 Å². The lowest BCUT2D eigenvalue weighted by Crippen LogP contribution is -2.32. The number of nitrogens with one attached hydrogen (secondary N) is 1. The van der Waals surface area contributed by atoms with Crippen molar-refractivity contribution in [2.75, 3.05) is 14.2 Å². The number of nitrogens with two attached hydrogens (primary N) is 1. The molecule has 4 nitrogen and oxygen atoms in total. The lowest BCUT2D eigenvalue weighted by molar-refractivity contribution is -0.0328. The summed E-state index contributed by atoms with van der Waals surface area (Å²) in [4.78, 5) is 1.41. The van der Waals surface area contributed by atoms with Gasteiger partial charge in [-0.1, -0.05) is 0 Å². The van der Waals surface area contributed by atoms with Crippen molar-refractivity contribution in [3.8, 4) is 5.75 Å². The van der Waals surface area contributed by atoms with E-state index in [1.165, 1.54) is 37.3 Å². The van der Waals surface area contributed by atoms with Gasteiger partial charge in [-0.15, -0.1) is 0 Å². The van der Waals surface area contributed by atoms with Crippen molar-refractivity contribution < 1.29 is 17.9 Å². The highest BCUT2D eigenvalue weighted by molar-refractivity contribution is 8.00. The monoisotopic (exact) mass is 293 g/mol. The predicted molar refractivity (Wildman–Crippen MR) is 68.3 cm³/mol. The molecule has 0 unspecified atom stereocenters. The van der Waals surface area contributed by atoms with Gasteiger partial charge in [-0.05, 0) is 35.5 Å². The van der Waals surface area contributed by atoms with Crippen molar-refractivity contribution in [1.29, 1.82) is 5.41 Å². The van der Waals surface area contributed by atoms with Gasteiger partial charge in [0, 0.05) is 18.5 Å². The number of nitrogens with zero attached hydrogens (tertiary/aromatic N) is 1. The van der Waals surface area contributed by atoms with E-state index in [0.717, 1.165) is 0 Å². The van der Waals surface area contributed by atoms with E-state index in [1.54, 1.807) is 0 Å². The Morgan fingerprint density at radius 3 is 2.58 bits per heavy atom. The highest BCUT2D eigenvalue weighted by atomic mass is 32.2. The van der Waals surface area contributed by atoms with Crippen LogP contribution >= 0.6 is 11.8 Å². The van der Waals surface area contributed by atoms with Crippen LogP contribution in [0.15, 0.2) is 23.1 Å². The second-order valence-electron chi connectivity index (χ2n) is 3.76. The van der Waals surface area contributed by atoms with E-state index in [1.807, 2.05) is 0 Å². The Balaban J connectivity index is 3.05. The van der Waals surface area contributed by atoms with Crippen molar-refractivity contribution in [2.24, 2.45) is 5.73 Å². The number of benzene rings is 1. The van der Waals surface area contributed by atoms with Crippen molar-refractivity contribution in [1.82, 2.24) is 4.90 Å². The normalized spacial score (nSPS) is 11.2. The van der Waals surface area contributed by atoms with Crippen LogP contribution < -0.4 is 10.5 Å². The molecule has 0 amide bonds. The van der Waals surface area contributed by atoms with E-state index in [9.17, 15) is 13.2 Å². The highest BCUT2D eigenvalue weighted by Crippen LogP contribution is 2.39. The number of alkyl halides is 3. The van der Waals surface area contributed by atoms with Gasteiger partial charge in [0.2, 0.25) is 0 Å². The summed E-state index contributed by atoms with van der Waals surface area (Å²) < 4.78 is 42.3. The smallest absolute Gasteiger partial charge is 0.446 e. The van der Waals surface area contributed by atoms with Gasteiger partial charge < -0.3 is 15.4 Å². The number of thioether (sulfide) groups is 1. The molecule has 19 heavy (non-hydrogen) atoms. The van der Waals surface area contributed by atoms with Crippen LogP contribution in [0.4, 0.5) is 13.2 Å². The first-order valence-electron chi connectivity index (χ1n) is 5.20. The molecule has 0 fully saturated rings. The largest absolute Gasteiger partial charge is 0.497 e. The first-order chi connectivity index (χ1) is 8.73. The van der Waals surface area contributed by atoms with E-state index in [-0.39, 0.29) is 29.2 Å². The molecule has 0 aliphatic heterocycles. The third kappa shape index (κ3) is 4.90. The number of ether oxygens (including phenoxy) is 1. The lowest BCUT2D eigenvalue weighted by atomic mass is 10.2. The van der Waals surface area contributed by atoms with E-state index < -0.39 is 5.51 Å². The molecule has 0 atom stereocenters. The van der Waals surface area contributed by atoms with Crippen LogP contribution in [-0.2, 0) is 6.54 Å². The topological polar surface area (TPSA) is 62.3 Å². The van der Waals surface area contributed by atoms with E-state index in [2.05, 4.69) is 0 Å². The minimum absolute atomic E-state index is 0.0707. The fourth-order valence-electron chi connectivity index (χ4n) is 1.37. The second kappa shape index (κ2) is 6.05. The van der Waals surface area contributed by atoms with Crippen LogP contribution in [-0.4, -0.2) is 30.5 Å². The van der Waals surface area contributed by atoms with Crippen molar-refractivity contribution in [3.63, 3.8) is 0 Å². The Kier molecular flexibility index (Phi) is 4.93. The number of guanidine groups is 1. The average Bonchev–Trinajstić information content (AvgIpc) is 2.29. The predicted octanol–water partition coefficient (Wildman–Crippen LogP) is 2.63. The molecular weight excluding hydrogens is 279 g/mol. The standard InChI is InChI=1S/C11H14F3N3OS/c1-17(10(15)16)6-7-5-8(18-2)3-4-9(7)19-11(12,13)14/h3-5H,6H2,1-2H3,(H3,15,16). The molecule has 1 aromatic rings. The fourth-order valence-corrected chi connectivity index (χ4v) is 2.01. The molecule has 0 saturated heterocycles. The second-order valence-corrected chi connectivity index (χ2v) is 4.87. The number of hydrogen-bond acceptors (Lipinski definition) is 3. The van der Waals surface area contributed by atoms with Gasteiger partial charge in [0.15, 0.2) is 5.96 Å². The van der Waals surface area contributed by atoms with Crippen LogP contribution in [0.3, 0.4) is 0 Å². The van der Waals surface area contributed by atoms with Gasteiger partial charge in [0.1, 0.15) is 5.75 Å². The first kappa shape index (κ1) is 15.5. The van der Waals surface area contributed by atoms with Crippen molar-refractivity contribution in [2.45, 2.75) is 16.9 Å². The van der Waals surface area contributed by atoms with Gasteiger partial charge in [-0.3, -0.25) is 5.41 Å². The Labute approximate surface area is 113 Å². The van der Waals surface area contributed by atoms with Crippen LogP contribution in [0.5, 0.6) is 5.75 Å².